The van der Waals surface area contributed by atoms with Crippen molar-refractivity contribution in [3.05, 3.63) is 77.3 Å². The van der Waals surface area contributed by atoms with Crippen LogP contribution in [0.1, 0.15) is 58.4 Å². The maximum atomic E-state index is 13.2. The molecule has 0 aliphatic carbocycles. The second-order valence-electron chi connectivity index (χ2n) is 8.38. The van der Waals surface area contributed by atoms with Crippen LogP contribution < -0.4 is 4.74 Å². The van der Waals surface area contributed by atoms with Crippen LogP contribution in [-0.4, -0.2) is 29.9 Å². The summed E-state index contributed by atoms with van der Waals surface area (Å²) < 4.78 is 9.82. The van der Waals surface area contributed by atoms with Gasteiger partial charge in [0.25, 0.3) is 0 Å². The van der Waals surface area contributed by atoms with Crippen LogP contribution in [0.4, 0.5) is 0 Å². The van der Waals surface area contributed by atoms with Gasteiger partial charge in [0.1, 0.15) is 23.8 Å². The standard InChI is InChI=1S/C25H24N6O2/c1-17-9-10-22-27-19(15-30(22)14-17)16-33-20-7-5-6-18(12-20)24(32)21(13-26)25-29-28-23-8-3-2-4-11-31(23)25/h5-7,9-10,12,14-15,21H,2-4,8,11,16H2,1H3. The maximum absolute atomic E-state index is 13.2. The van der Waals surface area contributed by atoms with Gasteiger partial charge in [-0.05, 0) is 43.5 Å². The monoisotopic (exact) mass is 440 g/mol. The molecule has 0 bridgehead atoms. The van der Waals surface area contributed by atoms with Crippen LogP contribution in [0.15, 0.2) is 48.8 Å². The van der Waals surface area contributed by atoms with Crippen molar-refractivity contribution >= 4 is 11.4 Å². The van der Waals surface area contributed by atoms with E-state index in [1.54, 1.807) is 24.3 Å². The Balaban J connectivity index is 1.34. The Labute approximate surface area is 191 Å². The Morgan fingerprint density at radius 2 is 2.09 bits per heavy atom. The van der Waals surface area contributed by atoms with E-state index in [0.29, 0.717) is 17.1 Å². The van der Waals surface area contributed by atoms with Crippen LogP contribution in [-0.2, 0) is 19.6 Å². The van der Waals surface area contributed by atoms with E-state index in [2.05, 4.69) is 21.3 Å². The number of Topliss-reactive ketones (excluding diaryl/α,β-unsaturated/α-hetero) is 1. The molecular weight excluding hydrogens is 416 g/mol. The third-order valence-electron chi connectivity index (χ3n) is 5.94. The van der Waals surface area contributed by atoms with E-state index >= 15 is 0 Å². The normalized spacial score (nSPS) is 14.3. The van der Waals surface area contributed by atoms with E-state index in [1.165, 1.54) is 0 Å². The Morgan fingerprint density at radius 3 is 2.97 bits per heavy atom. The average molecular weight is 441 g/mol. The minimum atomic E-state index is -0.999. The molecule has 8 nitrogen and oxygen atoms in total. The third kappa shape index (κ3) is 4.22. The summed E-state index contributed by atoms with van der Waals surface area (Å²) in [4.78, 5) is 17.8. The highest BCUT2D eigenvalue weighted by molar-refractivity contribution is 6.02. The number of nitrogens with zero attached hydrogens (tertiary/aromatic N) is 6. The minimum absolute atomic E-state index is 0.276. The molecule has 0 saturated carbocycles. The number of hydrogen-bond donors (Lipinski definition) is 0. The van der Waals surface area contributed by atoms with E-state index in [9.17, 15) is 10.1 Å². The predicted molar refractivity (Wildman–Crippen MR) is 121 cm³/mol. The lowest BCUT2D eigenvalue weighted by atomic mass is 9.97. The number of hydrogen-bond acceptors (Lipinski definition) is 6. The second-order valence-corrected chi connectivity index (χ2v) is 8.38. The summed E-state index contributed by atoms with van der Waals surface area (Å²) in [6.45, 7) is 3.05. The largest absolute Gasteiger partial charge is 0.487 e. The van der Waals surface area contributed by atoms with Crippen molar-refractivity contribution in [2.24, 2.45) is 0 Å². The van der Waals surface area contributed by atoms with Gasteiger partial charge in [0.2, 0.25) is 0 Å². The number of ether oxygens (including phenoxy) is 1. The number of carbonyl (C=O) groups excluding carboxylic acids is 1. The molecule has 1 aromatic carbocycles. The molecule has 0 saturated heterocycles. The lowest BCUT2D eigenvalue weighted by Gasteiger charge is -2.12. The molecule has 0 fully saturated rings. The summed E-state index contributed by atoms with van der Waals surface area (Å²) in [5.74, 6) is 0.540. The first-order chi connectivity index (χ1) is 16.1. The summed E-state index contributed by atoms with van der Waals surface area (Å²) in [6.07, 6.45) is 7.92. The third-order valence-corrected chi connectivity index (χ3v) is 5.94. The lowest BCUT2D eigenvalue weighted by molar-refractivity contribution is 0.0974. The van der Waals surface area contributed by atoms with Gasteiger partial charge in [-0.3, -0.25) is 4.79 Å². The molecule has 0 amide bonds. The highest BCUT2D eigenvalue weighted by Gasteiger charge is 2.29. The van der Waals surface area contributed by atoms with E-state index in [1.807, 2.05) is 40.4 Å². The van der Waals surface area contributed by atoms with Gasteiger partial charge in [-0.2, -0.15) is 5.26 Å². The highest BCUT2D eigenvalue weighted by Crippen LogP contribution is 2.25. The first kappa shape index (κ1) is 20.9. The van der Waals surface area contributed by atoms with Crippen molar-refractivity contribution in [3.8, 4) is 11.8 Å². The Bertz CT molecular complexity index is 1360. The number of aryl methyl sites for hydroxylation is 2. The van der Waals surface area contributed by atoms with Crippen LogP contribution in [0.2, 0.25) is 0 Å². The number of pyridine rings is 1. The van der Waals surface area contributed by atoms with Crippen molar-refractivity contribution in [2.45, 2.75) is 51.7 Å². The van der Waals surface area contributed by atoms with Crippen LogP contribution in [0.25, 0.3) is 5.65 Å². The number of ketones is 1. The Kier molecular flexibility index (Phi) is 5.61. The van der Waals surface area contributed by atoms with Crippen LogP contribution in [0, 0.1) is 18.3 Å². The highest BCUT2D eigenvalue weighted by atomic mass is 16.5. The van der Waals surface area contributed by atoms with Crippen molar-refractivity contribution in [1.82, 2.24) is 24.1 Å². The van der Waals surface area contributed by atoms with Gasteiger partial charge in [0.05, 0.1) is 11.8 Å². The molecule has 8 heteroatoms. The molecule has 1 aliphatic heterocycles. The number of benzene rings is 1. The molecule has 4 aromatic rings. The molecule has 1 atom stereocenters. The molecule has 33 heavy (non-hydrogen) atoms. The molecular formula is C25H24N6O2. The van der Waals surface area contributed by atoms with Crippen molar-refractivity contribution in [3.63, 3.8) is 0 Å². The zero-order valence-corrected chi connectivity index (χ0v) is 18.4. The number of nitriles is 1. The average Bonchev–Trinajstić information content (AvgIpc) is 3.33. The van der Waals surface area contributed by atoms with Gasteiger partial charge in [0.15, 0.2) is 17.5 Å². The molecule has 4 heterocycles. The second kappa shape index (κ2) is 8.87. The molecule has 1 aliphatic rings. The quantitative estimate of drug-likeness (QED) is 0.420. The topological polar surface area (TPSA) is 98.1 Å². The number of imidazole rings is 1. The number of aromatic nitrogens is 5. The SMILES string of the molecule is Cc1ccc2nc(COc3cccc(C(=O)C(C#N)c4nnc5n4CCCCC5)c3)cn2c1. The molecule has 5 rings (SSSR count). The summed E-state index contributed by atoms with van der Waals surface area (Å²) in [7, 11) is 0. The Hall–Kier alpha value is -3.99. The summed E-state index contributed by atoms with van der Waals surface area (Å²) in [5.41, 5.74) is 3.21. The zero-order valence-electron chi connectivity index (χ0n) is 18.4. The molecule has 0 spiro atoms. The van der Waals surface area contributed by atoms with Gasteiger partial charge in [0, 0.05) is 30.9 Å². The van der Waals surface area contributed by atoms with Crippen molar-refractivity contribution in [1.29, 1.82) is 5.26 Å². The first-order valence-corrected chi connectivity index (χ1v) is 11.2. The van der Waals surface area contributed by atoms with Gasteiger partial charge in [-0.1, -0.05) is 24.6 Å². The molecule has 166 valence electrons. The maximum Gasteiger partial charge on any atom is 0.187 e. The van der Waals surface area contributed by atoms with E-state index in [-0.39, 0.29) is 12.4 Å². The van der Waals surface area contributed by atoms with Crippen molar-refractivity contribution in [2.75, 3.05) is 0 Å². The van der Waals surface area contributed by atoms with E-state index in [4.69, 9.17) is 4.74 Å². The predicted octanol–water partition coefficient (Wildman–Crippen LogP) is 4.03. The van der Waals surface area contributed by atoms with Crippen molar-refractivity contribution < 1.29 is 9.53 Å². The number of rotatable bonds is 6. The van der Waals surface area contributed by atoms with Gasteiger partial charge < -0.3 is 13.7 Å². The van der Waals surface area contributed by atoms with Crippen LogP contribution in [0.3, 0.4) is 0 Å². The number of carbonyl (C=O) groups is 1. The summed E-state index contributed by atoms with van der Waals surface area (Å²) in [6, 6.07) is 13.0. The summed E-state index contributed by atoms with van der Waals surface area (Å²) in [5, 5.41) is 18.3. The van der Waals surface area contributed by atoms with Crippen LogP contribution >= 0.6 is 0 Å². The van der Waals surface area contributed by atoms with Gasteiger partial charge >= 0.3 is 0 Å². The lowest BCUT2D eigenvalue weighted by Crippen LogP contribution is -2.17. The molecule has 0 N–H and O–H groups in total. The zero-order chi connectivity index (χ0) is 22.8. The molecule has 0 radical (unpaired) electrons. The van der Waals surface area contributed by atoms with E-state index < -0.39 is 5.92 Å². The summed E-state index contributed by atoms with van der Waals surface area (Å²) >= 11 is 0. The minimum Gasteiger partial charge on any atom is -0.487 e. The first-order valence-electron chi connectivity index (χ1n) is 11.2. The Morgan fingerprint density at radius 1 is 1.18 bits per heavy atom. The van der Waals surface area contributed by atoms with Gasteiger partial charge in [-0.15, -0.1) is 10.2 Å². The fraction of sp³-hybridized carbons (Fsp3) is 0.320. The van der Waals surface area contributed by atoms with Crippen LogP contribution in [0.5, 0.6) is 5.75 Å². The van der Waals surface area contributed by atoms with Gasteiger partial charge in [-0.25, -0.2) is 4.98 Å². The fourth-order valence-corrected chi connectivity index (χ4v) is 4.24. The van der Waals surface area contributed by atoms with E-state index in [0.717, 1.165) is 55.0 Å². The molecule has 3 aromatic heterocycles. The smallest absolute Gasteiger partial charge is 0.187 e. The fourth-order valence-electron chi connectivity index (χ4n) is 4.24. The molecule has 1 unspecified atom stereocenters. The number of fused-ring (bicyclic) bond motifs is 2.